The molecule has 5 aromatic carbocycles. The van der Waals surface area contributed by atoms with Gasteiger partial charge in [0.1, 0.15) is 46.4 Å². The minimum Gasteiger partial charge on any atom is -0.495 e. The lowest BCUT2D eigenvalue weighted by Gasteiger charge is -2.37. The van der Waals surface area contributed by atoms with Crippen molar-refractivity contribution in [3.8, 4) is 34.6 Å². The number of unbranched alkanes of at least 4 members (excludes halogenated alkanes) is 2. The van der Waals surface area contributed by atoms with E-state index in [-0.39, 0.29) is 49.8 Å². The third-order valence-electron chi connectivity index (χ3n) is 12.6. The summed E-state index contributed by atoms with van der Waals surface area (Å²) in [6.07, 6.45) is -0.249. The number of carbonyl (C=O) groups excluding carboxylic acids is 2. The fraction of sp³-hybridized carbons (Fsp3) is 0.339. The van der Waals surface area contributed by atoms with E-state index < -0.39 is 52.7 Å². The van der Waals surface area contributed by atoms with E-state index in [1.807, 2.05) is 45.0 Å². The lowest BCUT2D eigenvalue weighted by molar-refractivity contribution is -0.274. The molecule has 20 heteroatoms. The second-order valence-electron chi connectivity index (χ2n) is 19.2. The fourth-order valence-electron chi connectivity index (χ4n) is 9.15. The number of aromatic nitrogens is 2. The van der Waals surface area contributed by atoms with E-state index in [1.165, 1.54) is 86.2 Å². The molecule has 2 amide bonds. The summed E-state index contributed by atoms with van der Waals surface area (Å²) in [4.78, 5) is 36.3. The van der Waals surface area contributed by atoms with Gasteiger partial charge < -0.3 is 40.2 Å². The molecule has 1 aliphatic rings. The summed E-state index contributed by atoms with van der Waals surface area (Å²) in [5.74, 6) is -3.00. The van der Waals surface area contributed by atoms with Gasteiger partial charge in [-0.05, 0) is 116 Å². The predicted molar refractivity (Wildman–Crippen MR) is 280 cm³/mol. The zero-order valence-corrected chi connectivity index (χ0v) is 43.5. The Bertz CT molecular complexity index is 3030. The van der Waals surface area contributed by atoms with Crippen LogP contribution in [-0.4, -0.2) is 73.7 Å². The highest BCUT2D eigenvalue weighted by Crippen LogP contribution is 2.53. The normalized spacial score (nSPS) is 17.4. The molecule has 1 aromatic heterocycles. The molecule has 1 aliphatic heterocycles. The molecule has 0 radical (unpaired) electrons. The Morgan fingerprint density at radius 3 is 2.29 bits per heavy atom. The van der Waals surface area contributed by atoms with Gasteiger partial charge in [0.25, 0.3) is 5.91 Å². The Morgan fingerprint density at radius 1 is 0.842 bits per heavy atom. The maximum absolute atomic E-state index is 16.2. The maximum Gasteiger partial charge on any atom is 0.573 e. The number of hydrogen-bond donors (Lipinski definition) is 4. The van der Waals surface area contributed by atoms with E-state index in [9.17, 15) is 28.0 Å². The number of methoxy groups -OCH3 is 1. The van der Waals surface area contributed by atoms with Crippen LogP contribution in [0.4, 0.5) is 39.1 Å². The number of ether oxygens (including phenoxy) is 4. The second kappa shape index (κ2) is 25.2. The predicted octanol–water partition coefficient (Wildman–Crippen LogP) is 12.7. The molecule has 76 heavy (non-hydrogen) atoms. The Balaban J connectivity index is 0.863. The van der Waals surface area contributed by atoms with E-state index in [2.05, 4.69) is 42.0 Å². The molecule has 2 heterocycles. The Labute approximate surface area is 447 Å². The van der Waals surface area contributed by atoms with Gasteiger partial charge in [0, 0.05) is 65.2 Å². The molecule has 13 nitrogen and oxygen atoms in total. The van der Waals surface area contributed by atoms with Crippen LogP contribution in [-0.2, 0) is 14.9 Å². The summed E-state index contributed by atoms with van der Waals surface area (Å²) in [5.41, 5.74) is 0.0354. The van der Waals surface area contributed by atoms with Gasteiger partial charge in [-0.1, -0.05) is 74.3 Å². The minimum absolute atomic E-state index is 0.0479. The van der Waals surface area contributed by atoms with Crippen LogP contribution in [0.5, 0.6) is 17.2 Å². The largest absolute Gasteiger partial charge is 0.573 e. The van der Waals surface area contributed by atoms with Crippen LogP contribution in [0.25, 0.3) is 11.3 Å². The van der Waals surface area contributed by atoms with Crippen LogP contribution in [0.2, 0.25) is 10.0 Å². The van der Waals surface area contributed by atoms with Crippen molar-refractivity contribution in [1.82, 2.24) is 20.6 Å². The van der Waals surface area contributed by atoms with Crippen molar-refractivity contribution in [2.24, 2.45) is 5.41 Å². The summed E-state index contributed by atoms with van der Waals surface area (Å²) in [6, 6.07) is 27.4. The van der Waals surface area contributed by atoms with Gasteiger partial charge in [0.05, 0.1) is 42.2 Å². The van der Waals surface area contributed by atoms with Crippen LogP contribution in [0.15, 0.2) is 116 Å². The third kappa shape index (κ3) is 14.5. The van der Waals surface area contributed by atoms with E-state index in [0.717, 1.165) is 24.5 Å². The smallest absolute Gasteiger partial charge is 0.495 e. The van der Waals surface area contributed by atoms with Crippen molar-refractivity contribution < 1.29 is 50.5 Å². The van der Waals surface area contributed by atoms with Gasteiger partial charge in [0.2, 0.25) is 5.91 Å². The van der Waals surface area contributed by atoms with E-state index >= 15 is 8.78 Å². The van der Waals surface area contributed by atoms with Gasteiger partial charge in [-0.2, -0.15) is 5.26 Å². The highest BCUT2D eigenvalue weighted by Gasteiger charge is 2.61. The Kier molecular flexibility index (Phi) is 18.8. The molecule has 0 aliphatic carbocycles. The first-order valence-electron chi connectivity index (χ1n) is 24.4. The van der Waals surface area contributed by atoms with Crippen molar-refractivity contribution >= 4 is 52.2 Å². The van der Waals surface area contributed by atoms with Crippen molar-refractivity contribution in [2.45, 2.75) is 82.7 Å². The van der Waals surface area contributed by atoms with Crippen LogP contribution in [0, 0.1) is 28.4 Å². The average Bonchev–Trinajstić information content (AvgIpc) is 3.70. The number of amides is 2. The number of alkyl halides is 3. The number of rotatable bonds is 22. The molecule has 0 bridgehead atoms. The quantitative estimate of drug-likeness (QED) is 0.0377. The summed E-state index contributed by atoms with van der Waals surface area (Å²) in [5, 5.41) is 23.1. The van der Waals surface area contributed by atoms with Crippen molar-refractivity contribution in [1.29, 1.82) is 5.26 Å². The van der Waals surface area contributed by atoms with E-state index in [1.54, 1.807) is 6.07 Å². The highest BCUT2D eigenvalue weighted by atomic mass is 35.5. The van der Waals surface area contributed by atoms with Gasteiger partial charge in [0.15, 0.2) is 0 Å². The average molecular weight is 1090 g/mol. The number of benzene rings is 5. The molecule has 6 aromatic rings. The SMILES string of the molecule is COc1cc(C(=O)NCCCCOCCCCOc2cccc(-c3cc(Nc4ccc(OC(F)(F)F)cc4)ncn3)c2)ccc1NC(=O)[C@@H]1N[C@@H](CC(C)(C)C)[C@](C#N)(c2ccc(Cl)cc2F)[C@H]1c1cccc(Cl)c1F. The monoisotopic (exact) mass is 1090 g/mol. The number of nitrogens with one attached hydrogen (secondary N) is 4. The van der Waals surface area contributed by atoms with Gasteiger partial charge >= 0.3 is 6.36 Å². The Morgan fingerprint density at radius 2 is 1.58 bits per heavy atom. The number of carbonyl (C=O) groups is 2. The van der Waals surface area contributed by atoms with Gasteiger partial charge in [-0.15, -0.1) is 13.2 Å². The summed E-state index contributed by atoms with van der Waals surface area (Å²) < 4.78 is 91.1. The van der Waals surface area contributed by atoms with E-state index in [0.29, 0.717) is 68.6 Å². The topological polar surface area (TPSA) is 169 Å². The summed E-state index contributed by atoms with van der Waals surface area (Å²) in [7, 11) is 1.39. The molecule has 0 spiro atoms. The zero-order valence-electron chi connectivity index (χ0n) is 42.0. The summed E-state index contributed by atoms with van der Waals surface area (Å²) >= 11 is 12.4. The molecule has 1 fully saturated rings. The molecule has 4 atom stereocenters. The second-order valence-corrected chi connectivity index (χ2v) is 20.1. The number of nitriles is 1. The zero-order chi connectivity index (χ0) is 54.6. The van der Waals surface area contributed by atoms with Crippen molar-refractivity contribution in [3.63, 3.8) is 0 Å². The number of anilines is 3. The number of hydrogen-bond acceptors (Lipinski definition) is 11. The van der Waals surface area contributed by atoms with Crippen LogP contribution in [0.1, 0.15) is 80.3 Å². The summed E-state index contributed by atoms with van der Waals surface area (Å²) in [6.45, 7) is 7.70. The fourth-order valence-corrected chi connectivity index (χ4v) is 9.49. The maximum atomic E-state index is 16.2. The first-order chi connectivity index (χ1) is 36.3. The molecular formula is C56H56Cl2F5N7O6. The molecular weight excluding hydrogens is 1030 g/mol. The van der Waals surface area contributed by atoms with Crippen molar-refractivity contribution in [2.75, 3.05) is 44.1 Å². The lowest BCUT2D eigenvalue weighted by atomic mass is 9.62. The number of nitrogens with zero attached hydrogens (tertiary/aromatic N) is 3. The lowest BCUT2D eigenvalue weighted by Crippen LogP contribution is -2.45. The van der Waals surface area contributed by atoms with Crippen LogP contribution >= 0.6 is 23.2 Å². The molecule has 7 rings (SSSR count). The van der Waals surface area contributed by atoms with Crippen LogP contribution < -0.4 is 35.5 Å². The number of halogens is 7. The Hall–Kier alpha value is -7.04. The minimum atomic E-state index is -4.78. The third-order valence-corrected chi connectivity index (χ3v) is 13.1. The highest BCUT2D eigenvalue weighted by molar-refractivity contribution is 6.31. The molecule has 4 N–H and O–H groups in total. The van der Waals surface area contributed by atoms with Gasteiger partial charge in [-0.3, -0.25) is 9.59 Å². The molecule has 400 valence electrons. The molecule has 0 saturated carbocycles. The van der Waals surface area contributed by atoms with Gasteiger partial charge in [-0.25, -0.2) is 18.7 Å². The van der Waals surface area contributed by atoms with Crippen molar-refractivity contribution in [3.05, 3.63) is 154 Å². The van der Waals surface area contributed by atoms with Crippen LogP contribution in [0.3, 0.4) is 0 Å². The molecule has 0 unspecified atom stereocenters. The molecule has 1 saturated heterocycles. The standard InChI is InChI=1S/C56H56Cl2F5N7O6/c1-54(2,3)31-47-55(32-64,41-21-16-36(57)29-43(41)59)49(40-13-10-14-42(58)50(40)60)51(70-47)53(72)69-44-22-15-35(28-46(44)73-4)52(71)65-23-5-6-24-74-25-7-8-26-75-39-12-9-11-34(27-39)45-30-48(67-33-66-45)68-37-17-19-38(20-18-37)76-56(61,62)63/h9-22,27-30,33,47,49,51,70H,5-8,23-26,31H2,1-4H3,(H,65,71)(H,69,72)(H,66,67,68)/t47-,49-,51+,55-/m0/s1. The van der Waals surface area contributed by atoms with E-state index in [4.69, 9.17) is 37.4 Å². The first-order valence-corrected chi connectivity index (χ1v) is 25.1. The first kappa shape index (κ1) is 56.7.